The minimum Gasteiger partial charge on any atom is -0.331 e. The van der Waals surface area contributed by atoms with Gasteiger partial charge in [-0.05, 0) is 49.2 Å². The van der Waals surface area contributed by atoms with Gasteiger partial charge in [-0.1, -0.05) is 54.1 Å². The Labute approximate surface area is 157 Å². The molecule has 3 rings (SSSR count). The Balaban J connectivity index is 1.83. The van der Waals surface area contributed by atoms with E-state index < -0.39 is 0 Å². The van der Waals surface area contributed by atoms with Crippen LogP contribution in [0.25, 0.3) is 10.4 Å². The molecular weight excluding hydrogens is 350 g/mol. The summed E-state index contributed by atoms with van der Waals surface area (Å²) in [5.74, 6) is 0.0668. The van der Waals surface area contributed by atoms with E-state index in [9.17, 15) is 4.79 Å². The average Bonchev–Trinajstić information content (AvgIpc) is 3.10. The molecule has 0 atom stereocenters. The molecule has 2 nitrogen and oxygen atoms in total. The highest BCUT2D eigenvalue weighted by Crippen LogP contribution is 2.31. The van der Waals surface area contributed by atoms with Crippen LogP contribution >= 0.6 is 22.9 Å². The van der Waals surface area contributed by atoms with Crippen molar-refractivity contribution in [1.82, 2.24) is 4.90 Å². The summed E-state index contributed by atoms with van der Waals surface area (Å²) in [7, 11) is 0. The monoisotopic (exact) mass is 369 g/mol. The topological polar surface area (TPSA) is 20.3 Å². The van der Waals surface area contributed by atoms with E-state index in [1.54, 1.807) is 0 Å². The molecule has 25 heavy (non-hydrogen) atoms. The van der Waals surface area contributed by atoms with E-state index in [1.807, 2.05) is 73.3 Å². The van der Waals surface area contributed by atoms with Crippen molar-refractivity contribution in [3.63, 3.8) is 0 Å². The first-order valence-electron chi connectivity index (χ1n) is 8.25. The summed E-state index contributed by atoms with van der Waals surface area (Å²) in [4.78, 5) is 16.7. The predicted molar refractivity (Wildman–Crippen MR) is 106 cm³/mol. The Bertz CT molecular complexity index is 857. The van der Waals surface area contributed by atoms with Gasteiger partial charge in [-0.3, -0.25) is 4.79 Å². The van der Waals surface area contributed by atoms with Gasteiger partial charge in [0.25, 0.3) is 5.91 Å². The SMILES string of the molecule is CC(C)N(Cc1ccccc1)C(=O)c1ccc(-c2cccc(Cl)c2)s1. The van der Waals surface area contributed by atoms with Gasteiger partial charge in [0.05, 0.1) is 4.88 Å². The molecule has 0 aliphatic rings. The number of hydrogen-bond donors (Lipinski definition) is 0. The van der Waals surface area contributed by atoms with Gasteiger partial charge in [-0.25, -0.2) is 0 Å². The van der Waals surface area contributed by atoms with Crippen LogP contribution in [0, 0.1) is 0 Å². The van der Waals surface area contributed by atoms with Gasteiger partial charge in [0.1, 0.15) is 0 Å². The van der Waals surface area contributed by atoms with Gasteiger partial charge >= 0.3 is 0 Å². The Morgan fingerprint density at radius 3 is 2.48 bits per heavy atom. The summed E-state index contributed by atoms with van der Waals surface area (Å²) in [5, 5.41) is 0.701. The third-order valence-corrected chi connectivity index (χ3v) is 5.36. The highest BCUT2D eigenvalue weighted by Gasteiger charge is 2.21. The van der Waals surface area contributed by atoms with Gasteiger partial charge in [0.15, 0.2) is 0 Å². The maximum atomic E-state index is 13.0. The van der Waals surface area contributed by atoms with Crippen LogP contribution in [0.15, 0.2) is 66.7 Å². The molecule has 0 unspecified atom stereocenters. The Morgan fingerprint density at radius 2 is 1.80 bits per heavy atom. The smallest absolute Gasteiger partial charge is 0.264 e. The number of nitrogens with zero attached hydrogens (tertiary/aromatic N) is 1. The van der Waals surface area contributed by atoms with E-state index in [0.717, 1.165) is 20.9 Å². The van der Waals surface area contributed by atoms with E-state index in [0.29, 0.717) is 11.6 Å². The fourth-order valence-electron chi connectivity index (χ4n) is 2.66. The summed E-state index contributed by atoms with van der Waals surface area (Å²) in [6.45, 7) is 4.71. The largest absolute Gasteiger partial charge is 0.331 e. The van der Waals surface area contributed by atoms with E-state index in [-0.39, 0.29) is 11.9 Å². The number of rotatable bonds is 5. The number of hydrogen-bond acceptors (Lipinski definition) is 2. The van der Waals surface area contributed by atoms with Crippen LogP contribution < -0.4 is 0 Å². The van der Waals surface area contributed by atoms with E-state index in [4.69, 9.17) is 11.6 Å². The maximum absolute atomic E-state index is 13.0. The Hall–Kier alpha value is -2.10. The van der Waals surface area contributed by atoms with Crippen molar-refractivity contribution in [3.05, 3.63) is 82.2 Å². The number of benzene rings is 2. The van der Waals surface area contributed by atoms with Crippen molar-refractivity contribution >= 4 is 28.8 Å². The number of carbonyl (C=O) groups excluding carboxylic acids is 1. The second kappa shape index (κ2) is 7.85. The van der Waals surface area contributed by atoms with E-state index >= 15 is 0 Å². The fourth-order valence-corrected chi connectivity index (χ4v) is 3.81. The van der Waals surface area contributed by atoms with E-state index in [2.05, 4.69) is 12.1 Å². The summed E-state index contributed by atoms with van der Waals surface area (Å²) in [6.07, 6.45) is 0. The van der Waals surface area contributed by atoms with Crippen LogP contribution in [0.2, 0.25) is 5.02 Å². The minimum absolute atomic E-state index is 0.0668. The molecule has 0 N–H and O–H groups in total. The first kappa shape index (κ1) is 17.7. The third-order valence-electron chi connectivity index (χ3n) is 4.01. The lowest BCUT2D eigenvalue weighted by Gasteiger charge is -2.26. The molecule has 0 spiro atoms. The lowest BCUT2D eigenvalue weighted by Crippen LogP contribution is -2.35. The maximum Gasteiger partial charge on any atom is 0.264 e. The van der Waals surface area contributed by atoms with Crippen molar-refractivity contribution in [3.8, 4) is 10.4 Å². The van der Waals surface area contributed by atoms with Gasteiger partial charge in [0.2, 0.25) is 0 Å². The van der Waals surface area contributed by atoms with Crippen molar-refractivity contribution in [1.29, 1.82) is 0 Å². The lowest BCUT2D eigenvalue weighted by molar-refractivity contribution is 0.0695. The second-order valence-electron chi connectivity index (χ2n) is 6.19. The molecule has 2 aromatic carbocycles. The quantitative estimate of drug-likeness (QED) is 0.530. The molecule has 1 amide bonds. The molecule has 4 heteroatoms. The molecule has 0 radical (unpaired) electrons. The molecule has 0 bridgehead atoms. The molecule has 0 aliphatic carbocycles. The van der Waals surface area contributed by atoms with Crippen LogP contribution in [-0.2, 0) is 6.54 Å². The highest BCUT2D eigenvalue weighted by atomic mass is 35.5. The molecule has 1 aromatic heterocycles. The second-order valence-corrected chi connectivity index (χ2v) is 7.71. The summed E-state index contributed by atoms with van der Waals surface area (Å²) >= 11 is 7.59. The zero-order valence-electron chi connectivity index (χ0n) is 14.3. The normalized spacial score (nSPS) is 10.9. The molecule has 0 saturated heterocycles. The third kappa shape index (κ3) is 4.30. The van der Waals surface area contributed by atoms with Crippen molar-refractivity contribution < 1.29 is 4.79 Å². The van der Waals surface area contributed by atoms with Crippen LogP contribution in [0.3, 0.4) is 0 Å². The highest BCUT2D eigenvalue weighted by molar-refractivity contribution is 7.17. The Kier molecular flexibility index (Phi) is 5.57. The van der Waals surface area contributed by atoms with Crippen molar-refractivity contribution in [2.24, 2.45) is 0 Å². The van der Waals surface area contributed by atoms with Gasteiger partial charge in [-0.2, -0.15) is 0 Å². The first-order chi connectivity index (χ1) is 12.0. The van der Waals surface area contributed by atoms with Crippen molar-refractivity contribution in [2.45, 2.75) is 26.4 Å². The van der Waals surface area contributed by atoms with Crippen LogP contribution in [0.5, 0.6) is 0 Å². The molecule has 128 valence electrons. The fraction of sp³-hybridized carbons (Fsp3) is 0.190. The summed E-state index contributed by atoms with van der Waals surface area (Å²) in [6, 6.07) is 21.8. The molecule has 0 saturated carbocycles. The van der Waals surface area contributed by atoms with E-state index in [1.165, 1.54) is 11.3 Å². The summed E-state index contributed by atoms with van der Waals surface area (Å²) in [5.41, 5.74) is 2.17. The van der Waals surface area contributed by atoms with Crippen LogP contribution in [0.4, 0.5) is 0 Å². The number of carbonyl (C=O) groups is 1. The zero-order chi connectivity index (χ0) is 17.8. The van der Waals surface area contributed by atoms with Gasteiger partial charge < -0.3 is 4.90 Å². The lowest BCUT2D eigenvalue weighted by atomic mass is 10.1. The standard InChI is InChI=1S/C21H20ClNOS/c1-15(2)23(14-16-7-4-3-5-8-16)21(24)20-12-11-19(25-20)17-9-6-10-18(22)13-17/h3-13,15H,14H2,1-2H3. The first-order valence-corrected chi connectivity index (χ1v) is 9.44. The minimum atomic E-state index is 0.0668. The van der Waals surface area contributed by atoms with Crippen molar-refractivity contribution in [2.75, 3.05) is 0 Å². The molecule has 3 aromatic rings. The van der Waals surface area contributed by atoms with Gasteiger partial charge in [0, 0.05) is 22.5 Å². The molecule has 0 fully saturated rings. The number of halogens is 1. The zero-order valence-corrected chi connectivity index (χ0v) is 15.8. The summed E-state index contributed by atoms with van der Waals surface area (Å²) < 4.78 is 0. The van der Waals surface area contributed by atoms with Crippen LogP contribution in [-0.4, -0.2) is 16.8 Å². The molecule has 1 heterocycles. The van der Waals surface area contributed by atoms with Crippen LogP contribution in [0.1, 0.15) is 29.1 Å². The Morgan fingerprint density at radius 1 is 1.04 bits per heavy atom. The predicted octanol–water partition coefficient (Wildman–Crippen LogP) is 6.12. The average molecular weight is 370 g/mol. The van der Waals surface area contributed by atoms with Gasteiger partial charge in [-0.15, -0.1) is 11.3 Å². The number of amides is 1. The molecular formula is C21H20ClNOS. The number of thiophene rings is 1. The molecule has 0 aliphatic heterocycles.